The van der Waals surface area contributed by atoms with Gasteiger partial charge in [0.05, 0.1) is 12.1 Å². The summed E-state index contributed by atoms with van der Waals surface area (Å²) in [7, 11) is 1.90. The molecule has 0 N–H and O–H groups in total. The second-order valence-corrected chi connectivity index (χ2v) is 5.92. The fourth-order valence-electron chi connectivity index (χ4n) is 2.57. The summed E-state index contributed by atoms with van der Waals surface area (Å²) in [5, 5.41) is 5.07. The van der Waals surface area contributed by atoms with Crippen molar-refractivity contribution >= 4 is 17.5 Å². The van der Waals surface area contributed by atoms with Crippen LogP contribution >= 0.6 is 11.6 Å². The van der Waals surface area contributed by atoms with E-state index in [4.69, 9.17) is 11.6 Å². The van der Waals surface area contributed by atoms with Crippen LogP contribution in [0.5, 0.6) is 0 Å². The summed E-state index contributed by atoms with van der Waals surface area (Å²) < 4.78 is 1.82. The molecular weight excluding hydrogens is 298 g/mol. The fourth-order valence-corrected chi connectivity index (χ4v) is 2.78. The maximum atomic E-state index is 12.6. The van der Waals surface area contributed by atoms with Gasteiger partial charge in [-0.2, -0.15) is 5.10 Å². The molecule has 1 heterocycles. The van der Waals surface area contributed by atoms with E-state index < -0.39 is 0 Å². The summed E-state index contributed by atoms with van der Waals surface area (Å²) in [5.41, 5.74) is 4.04. The molecule has 0 bridgehead atoms. The summed E-state index contributed by atoms with van der Waals surface area (Å²) in [6.45, 7) is 7.18. The summed E-state index contributed by atoms with van der Waals surface area (Å²) in [6.07, 6.45) is 0.389. The molecule has 118 valence electrons. The molecule has 1 aromatic heterocycles. The number of benzene rings is 1. The number of aryl methyl sites for hydroxylation is 2. The molecular formula is C17H22ClN3O. The van der Waals surface area contributed by atoms with Crippen molar-refractivity contribution in [1.82, 2.24) is 14.7 Å². The van der Waals surface area contributed by atoms with Crippen molar-refractivity contribution in [3.63, 3.8) is 0 Å². The van der Waals surface area contributed by atoms with Crippen LogP contribution in [0.25, 0.3) is 0 Å². The minimum absolute atomic E-state index is 0.113. The predicted molar refractivity (Wildman–Crippen MR) is 88.9 cm³/mol. The third-order valence-corrected chi connectivity index (χ3v) is 4.22. The molecule has 0 atom stereocenters. The number of amides is 1. The lowest BCUT2D eigenvalue weighted by atomic mass is 10.1. The van der Waals surface area contributed by atoms with Crippen LogP contribution in [-0.2, 0) is 24.8 Å². The monoisotopic (exact) mass is 319 g/mol. The SMILES string of the molecule is CCN(Cc1cccc(Cl)c1)C(=O)Cc1c(C)nn(C)c1C. The Morgan fingerprint density at radius 3 is 2.64 bits per heavy atom. The van der Waals surface area contributed by atoms with Crippen LogP contribution in [0, 0.1) is 13.8 Å². The van der Waals surface area contributed by atoms with Gasteiger partial charge in [0, 0.05) is 36.4 Å². The van der Waals surface area contributed by atoms with Crippen LogP contribution in [0.4, 0.5) is 0 Å². The average molecular weight is 320 g/mol. The lowest BCUT2D eigenvalue weighted by Gasteiger charge is -2.21. The summed E-state index contributed by atoms with van der Waals surface area (Å²) >= 11 is 6.01. The molecule has 22 heavy (non-hydrogen) atoms. The molecule has 0 saturated carbocycles. The van der Waals surface area contributed by atoms with E-state index in [-0.39, 0.29) is 5.91 Å². The van der Waals surface area contributed by atoms with Gasteiger partial charge in [0.15, 0.2) is 0 Å². The summed E-state index contributed by atoms with van der Waals surface area (Å²) in [4.78, 5) is 14.4. The van der Waals surface area contributed by atoms with E-state index in [2.05, 4.69) is 5.10 Å². The van der Waals surface area contributed by atoms with Crippen molar-refractivity contribution in [3.05, 3.63) is 51.8 Å². The van der Waals surface area contributed by atoms with Crippen molar-refractivity contribution in [1.29, 1.82) is 0 Å². The highest BCUT2D eigenvalue weighted by atomic mass is 35.5. The third-order valence-electron chi connectivity index (χ3n) is 3.98. The van der Waals surface area contributed by atoms with E-state index in [1.807, 2.05) is 61.7 Å². The van der Waals surface area contributed by atoms with E-state index in [9.17, 15) is 4.79 Å². The molecule has 0 spiro atoms. The first-order valence-corrected chi connectivity index (χ1v) is 7.81. The number of aromatic nitrogens is 2. The molecule has 0 saturated heterocycles. The summed E-state index contributed by atoms with van der Waals surface area (Å²) in [6, 6.07) is 7.64. The van der Waals surface area contributed by atoms with Crippen molar-refractivity contribution in [2.45, 2.75) is 33.7 Å². The first kappa shape index (κ1) is 16.6. The molecule has 0 radical (unpaired) electrons. The first-order valence-electron chi connectivity index (χ1n) is 7.43. The molecule has 2 aromatic rings. The van der Waals surface area contributed by atoms with Crippen LogP contribution in [0.3, 0.4) is 0 Å². The van der Waals surface area contributed by atoms with Crippen LogP contribution in [0.2, 0.25) is 5.02 Å². The number of hydrogen-bond donors (Lipinski definition) is 0. The number of rotatable bonds is 5. The molecule has 0 fully saturated rings. The quantitative estimate of drug-likeness (QED) is 0.848. The molecule has 1 aromatic carbocycles. The van der Waals surface area contributed by atoms with Crippen molar-refractivity contribution in [2.24, 2.45) is 7.05 Å². The second kappa shape index (κ2) is 6.97. The third kappa shape index (κ3) is 3.69. The molecule has 1 amide bonds. The number of carbonyl (C=O) groups excluding carboxylic acids is 1. The van der Waals surface area contributed by atoms with Gasteiger partial charge in [-0.05, 0) is 38.5 Å². The number of nitrogens with zero attached hydrogens (tertiary/aromatic N) is 3. The largest absolute Gasteiger partial charge is 0.338 e. The Kier molecular flexibility index (Phi) is 5.24. The van der Waals surface area contributed by atoms with Gasteiger partial charge in [-0.15, -0.1) is 0 Å². The summed E-state index contributed by atoms with van der Waals surface area (Å²) in [5.74, 6) is 0.113. The van der Waals surface area contributed by atoms with E-state index in [1.54, 1.807) is 0 Å². The van der Waals surface area contributed by atoms with Crippen molar-refractivity contribution < 1.29 is 4.79 Å². The topological polar surface area (TPSA) is 38.1 Å². The standard InChI is InChI=1S/C17H22ClN3O/c1-5-21(11-14-7-6-8-15(18)9-14)17(22)10-16-12(2)19-20(4)13(16)3/h6-9H,5,10-11H2,1-4H3. The highest BCUT2D eigenvalue weighted by Crippen LogP contribution is 2.16. The maximum absolute atomic E-state index is 12.6. The van der Waals surface area contributed by atoms with Crippen molar-refractivity contribution in [2.75, 3.05) is 6.54 Å². The maximum Gasteiger partial charge on any atom is 0.227 e. The molecule has 0 unspecified atom stereocenters. The zero-order valence-electron chi connectivity index (χ0n) is 13.6. The van der Waals surface area contributed by atoms with Gasteiger partial charge in [-0.25, -0.2) is 0 Å². The minimum atomic E-state index is 0.113. The Morgan fingerprint density at radius 1 is 1.36 bits per heavy atom. The fraction of sp³-hybridized carbons (Fsp3) is 0.412. The first-order chi connectivity index (χ1) is 10.4. The molecule has 4 nitrogen and oxygen atoms in total. The Bertz CT molecular complexity index is 679. The smallest absolute Gasteiger partial charge is 0.227 e. The second-order valence-electron chi connectivity index (χ2n) is 5.49. The van der Waals surface area contributed by atoms with Crippen LogP contribution in [0.15, 0.2) is 24.3 Å². The number of carbonyl (C=O) groups is 1. The van der Waals surface area contributed by atoms with Gasteiger partial charge in [-0.1, -0.05) is 23.7 Å². The van der Waals surface area contributed by atoms with Crippen LogP contribution in [0.1, 0.15) is 29.4 Å². The zero-order chi connectivity index (χ0) is 16.3. The van der Waals surface area contributed by atoms with Gasteiger partial charge in [-0.3, -0.25) is 9.48 Å². The van der Waals surface area contributed by atoms with Gasteiger partial charge in [0.2, 0.25) is 5.91 Å². The van der Waals surface area contributed by atoms with Crippen molar-refractivity contribution in [3.8, 4) is 0 Å². The highest BCUT2D eigenvalue weighted by molar-refractivity contribution is 6.30. The molecule has 0 aliphatic rings. The van der Waals surface area contributed by atoms with Gasteiger partial charge >= 0.3 is 0 Å². The molecule has 5 heteroatoms. The van der Waals surface area contributed by atoms with Crippen LogP contribution < -0.4 is 0 Å². The van der Waals surface area contributed by atoms with E-state index >= 15 is 0 Å². The van der Waals surface area contributed by atoms with Gasteiger partial charge < -0.3 is 4.90 Å². The Hall–Kier alpha value is -1.81. The number of likely N-dealkylation sites (N-methyl/N-ethyl adjacent to an activating group) is 1. The number of hydrogen-bond acceptors (Lipinski definition) is 2. The lowest BCUT2D eigenvalue weighted by molar-refractivity contribution is -0.130. The number of halogens is 1. The van der Waals surface area contributed by atoms with E-state index in [0.717, 1.165) is 22.5 Å². The minimum Gasteiger partial charge on any atom is -0.338 e. The van der Waals surface area contributed by atoms with Gasteiger partial charge in [0.25, 0.3) is 0 Å². The highest BCUT2D eigenvalue weighted by Gasteiger charge is 2.18. The zero-order valence-corrected chi connectivity index (χ0v) is 14.3. The Morgan fingerprint density at radius 2 is 2.09 bits per heavy atom. The normalized spacial score (nSPS) is 10.8. The van der Waals surface area contributed by atoms with E-state index in [1.165, 1.54) is 0 Å². The average Bonchev–Trinajstić information content (AvgIpc) is 2.71. The lowest BCUT2D eigenvalue weighted by Crippen LogP contribution is -2.31. The van der Waals surface area contributed by atoms with Gasteiger partial charge in [0.1, 0.15) is 0 Å². The Labute approximate surface area is 136 Å². The molecule has 0 aliphatic carbocycles. The predicted octanol–water partition coefficient (Wildman–Crippen LogP) is 3.28. The van der Waals surface area contributed by atoms with Crippen LogP contribution in [-0.4, -0.2) is 27.1 Å². The molecule has 0 aliphatic heterocycles. The molecule has 2 rings (SSSR count). The Balaban J connectivity index is 2.12. The van der Waals surface area contributed by atoms with E-state index in [0.29, 0.717) is 24.5 Å².